The Balaban J connectivity index is 2.01. The monoisotopic (exact) mass is 285 g/mol. The molecule has 0 aromatic carbocycles. The van der Waals surface area contributed by atoms with Crippen molar-refractivity contribution in [3.63, 3.8) is 0 Å². The zero-order valence-electron chi connectivity index (χ0n) is 11.1. The van der Waals surface area contributed by atoms with E-state index in [0.717, 1.165) is 5.71 Å². The molecule has 0 bridgehead atoms. The molecule has 0 aromatic rings. The van der Waals surface area contributed by atoms with Crippen LogP contribution < -0.4 is 0 Å². The standard InChI is InChI=1S/C12H19NO3SSi/c1-18(2,3)9-4-11-10-12(16-13-11)5-7-17(14,15)8-6-12/h5-8,10H2,1-3H3. The summed E-state index contributed by atoms with van der Waals surface area (Å²) in [6.07, 6.45) is 1.74. The molecule has 0 radical (unpaired) electrons. The van der Waals surface area contributed by atoms with E-state index in [4.69, 9.17) is 4.84 Å². The van der Waals surface area contributed by atoms with Crippen molar-refractivity contribution in [1.82, 2.24) is 0 Å². The number of oxime groups is 1. The van der Waals surface area contributed by atoms with Crippen LogP contribution in [0.25, 0.3) is 0 Å². The first-order chi connectivity index (χ1) is 8.20. The van der Waals surface area contributed by atoms with Gasteiger partial charge in [-0.3, -0.25) is 0 Å². The highest BCUT2D eigenvalue weighted by Crippen LogP contribution is 2.35. The van der Waals surface area contributed by atoms with Crippen LogP contribution >= 0.6 is 0 Å². The van der Waals surface area contributed by atoms with Crippen molar-refractivity contribution < 1.29 is 13.3 Å². The quantitative estimate of drug-likeness (QED) is 0.502. The molecule has 2 rings (SSSR count). The van der Waals surface area contributed by atoms with Crippen LogP contribution in [0.2, 0.25) is 19.6 Å². The molecule has 2 aliphatic heterocycles. The van der Waals surface area contributed by atoms with Crippen molar-refractivity contribution in [3.05, 3.63) is 0 Å². The van der Waals surface area contributed by atoms with Crippen LogP contribution in [0, 0.1) is 11.5 Å². The SMILES string of the molecule is C[Si](C)(C)C#CC1=NOC2(CCS(=O)(=O)CC2)C1. The molecule has 0 aliphatic carbocycles. The molecule has 2 heterocycles. The number of sulfone groups is 1. The Hall–Kier alpha value is -0.803. The van der Waals surface area contributed by atoms with Crippen LogP contribution in [0.5, 0.6) is 0 Å². The second-order valence-electron chi connectivity index (χ2n) is 6.14. The summed E-state index contributed by atoms with van der Waals surface area (Å²) in [5.74, 6) is 3.51. The van der Waals surface area contributed by atoms with Gasteiger partial charge < -0.3 is 4.84 Å². The molecule has 0 N–H and O–H groups in total. The van der Waals surface area contributed by atoms with E-state index >= 15 is 0 Å². The Bertz CT molecular complexity index is 520. The molecule has 0 unspecified atom stereocenters. The average molecular weight is 285 g/mol. The summed E-state index contributed by atoms with van der Waals surface area (Å²) >= 11 is 0. The maximum Gasteiger partial charge on any atom is 0.150 e. The molecule has 6 heteroatoms. The third kappa shape index (κ3) is 3.36. The maximum atomic E-state index is 11.4. The summed E-state index contributed by atoms with van der Waals surface area (Å²) in [5, 5.41) is 4.03. The molecule has 1 spiro atoms. The predicted molar refractivity (Wildman–Crippen MR) is 74.9 cm³/mol. The zero-order valence-corrected chi connectivity index (χ0v) is 12.9. The van der Waals surface area contributed by atoms with Crippen molar-refractivity contribution >= 4 is 23.6 Å². The van der Waals surface area contributed by atoms with Gasteiger partial charge in [0.2, 0.25) is 0 Å². The van der Waals surface area contributed by atoms with Gasteiger partial charge in [-0.25, -0.2) is 8.42 Å². The molecule has 0 saturated carbocycles. The van der Waals surface area contributed by atoms with Gasteiger partial charge in [-0.2, -0.15) is 0 Å². The minimum Gasteiger partial charge on any atom is -0.388 e. The normalized spacial score (nSPS) is 24.9. The van der Waals surface area contributed by atoms with Crippen molar-refractivity contribution in [1.29, 1.82) is 0 Å². The third-order valence-corrected chi connectivity index (χ3v) is 5.69. The lowest BCUT2D eigenvalue weighted by atomic mass is 9.91. The Morgan fingerprint density at radius 3 is 2.44 bits per heavy atom. The largest absolute Gasteiger partial charge is 0.388 e. The van der Waals surface area contributed by atoms with Gasteiger partial charge in [-0.15, -0.1) is 5.54 Å². The summed E-state index contributed by atoms with van der Waals surface area (Å²) in [6, 6.07) is 0. The summed E-state index contributed by atoms with van der Waals surface area (Å²) in [6.45, 7) is 6.54. The maximum absolute atomic E-state index is 11.4. The van der Waals surface area contributed by atoms with Crippen LogP contribution in [-0.2, 0) is 14.7 Å². The van der Waals surface area contributed by atoms with Crippen LogP contribution in [-0.4, -0.2) is 39.3 Å². The van der Waals surface area contributed by atoms with Crippen molar-refractivity contribution in [2.24, 2.45) is 5.16 Å². The van der Waals surface area contributed by atoms with Crippen molar-refractivity contribution in [2.75, 3.05) is 11.5 Å². The van der Waals surface area contributed by atoms with Gasteiger partial charge in [0, 0.05) is 19.3 Å². The molecule has 2 aliphatic rings. The second kappa shape index (κ2) is 4.39. The van der Waals surface area contributed by atoms with Gasteiger partial charge in [0.1, 0.15) is 19.4 Å². The van der Waals surface area contributed by atoms with E-state index < -0.39 is 23.5 Å². The molecule has 18 heavy (non-hydrogen) atoms. The first kappa shape index (κ1) is 13.6. The minimum absolute atomic E-state index is 0.206. The van der Waals surface area contributed by atoms with Gasteiger partial charge in [-0.1, -0.05) is 30.7 Å². The Morgan fingerprint density at radius 2 is 1.89 bits per heavy atom. The minimum atomic E-state index is -2.86. The Labute approximate surface area is 110 Å². The number of hydrogen-bond donors (Lipinski definition) is 0. The molecule has 1 fully saturated rings. The number of nitrogens with zero attached hydrogens (tertiary/aromatic N) is 1. The summed E-state index contributed by atoms with van der Waals surface area (Å²) < 4.78 is 22.8. The van der Waals surface area contributed by atoms with Crippen LogP contribution in [0.4, 0.5) is 0 Å². The van der Waals surface area contributed by atoms with E-state index in [9.17, 15) is 8.42 Å². The lowest BCUT2D eigenvalue weighted by Gasteiger charge is -2.29. The molecular weight excluding hydrogens is 266 g/mol. The van der Waals surface area contributed by atoms with Gasteiger partial charge in [0.25, 0.3) is 0 Å². The first-order valence-corrected chi connectivity index (χ1v) is 11.5. The van der Waals surface area contributed by atoms with Crippen molar-refractivity contribution in [2.45, 2.75) is 44.5 Å². The number of rotatable bonds is 0. The third-order valence-electron chi connectivity index (χ3n) is 3.16. The molecular formula is C12H19NO3SSi. The second-order valence-corrected chi connectivity index (χ2v) is 13.2. The predicted octanol–water partition coefficient (Wildman–Crippen LogP) is 1.59. The van der Waals surface area contributed by atoms with Crippen molar-refractivity contribution in [3.8, 4) is 11.5 Å². The molecule has 100 valence electrons. The van der Waals surface area contributed by atoms with Gasteiger partial charge in [0.15, 0.2) is 9.84 Å². The van der Waals surface area contributed by atoms with E-state index in [-0.39, 0.29) is 11.5 Å². The van der Waals surface area contributed by atoms with E-state index in [1.54, 1.807) is 0 Å². The van der Waals surface area contributed by atoms with Gasteiger partial charge in [-0.05, 0) is 0 Å². The lowest BCUT2D eigenvalue weighted by Crippen LogP contribution is -2.39. The number of hydrogen-bond acceptors (Lipinski definition) is 4. The molecule has 4 nitrogen and oxygen atoms in total. The van der Waals surface area contributed by atoms with E-state index in [1.807, 2.05) is 0 Å². The smallest absolute Gasteiger partial charge is 0.150 e. The van der Waals surface area contributed by atoms with Crippen LogP contribution in [0.15, 0.2) is 5.16 Å². The first-order valence-electron chi connectivity index (χ1n) is 6.19. The molecule has 0 atom stereocenters. The van der Waals surface area contributed by atoms with Crippen LogP contribution in [0.3, 0.4) is 0 Å². The highest BCUT2D eigenvalue weighted by molar-refractivity contribution is 7.91. The fraction of sp³-hybridized carbons (Fsp3) is 0.750. The Morgan fingerprint density at radius 1 is 1.28 bits per heavy atom. The van der Waals surface area contributed by atoms with Gasteiger partial charge in [0.05, 0.1) is 11.5 Å². The highest BCUT2D eigenvalue weighted by atomic mass is 32.2. The summed E-state index contributed by atoms with van der Waals surface area (Å²) in [5.41, 5.74) is 3.64. The van der Waals surface area contributed by atoms with Gasteiger partial charge >= 0.3 is 0 Å². The molecule has 1 saturated heterocycles. The molecule has 0 aromatic heterocycles. The van der Waals surface area contributed by atoms with E-state index in [1.165, 1.54) is 0 Å². The van der Waals surface area contributed by atoms with E-state index in [0.29, 0.717) is 19.3 Å². The zero-order chi connectivity index (χ0) is 13.4. The highest BCUT2D eigenvalue weighted by Gasteiger charge is 2.43. The fourth-order valence-corrected chi connectivity index (χ4v) is 4.12. The average Bonchev–Trinajstić information content (AvgIpc) is 2.64. The van der Waals surface area contributed by atoms with Crippen LogP contribution in [0.1, 0.15) is 19.3 Å². The Kier molecular flexibility index (Phi) is 3.32. The summed E-state index contributed by atoms with van der Waals surface area (Å²) in [4.78, 5) is 5.49. The van der Waals surface area contributed by atoms with E-state index in [2.05, 4.69) is 36.3 Å². The fourth-order valence-electron chi connectivity index (χ4n) is 2.03. The topological polar surface area (TPSA) is 55.7 Å². The lowest BCUT2D eigenvalue weighted by molar-refractivity contribution is -0.0256. The summed E-state index contributed by atoms with van der Waals surface area (Å²) in [7, 11) is -4.26. The molecule has 0 amide bonds.